The summed E-state index contributed by atoms with van der Waals surface area (Å²) in [6.45, 7) is 4.92. The number of hydrogen-bond acceptors (Lipinski definition) is 21. The maximum Gasteiger partial charge on any atom is 0.326 e. The van der Waals surface area contributed by atoms with E-state index in [2.05, 4.69) is 57.8 Å². The molecule has 8 amide bonds. The van der Waals surface area contributed by atoms with E-state index in [1.165, 1.54) is 47.6 Å². The number of likely N-dealkylation sites (N-methyl/N-ethyl adjacent to an activating group) is 1. The Balaban J connectivity index is 0.926. The highest BCUT2D eigenvalue weighted by atomic mass is 16.5. The Labute approximate surface area is 661 Å². The zero-order chi connectivity index (χ0) is 81.3. The lowest BCUT2D eigenvalue weighted by molar-refractivity contribution is -0.144. The third-order valence-electron chi connectivity index (χ3n) is 22.6. The average molecular weight is 1580 g/mol. The number of carboxylic acid groups (broad SMARTS) is 2. The lowest BCUT2D eigenvalue weighted by Crippen LogP contribution is -2.60. The molecule has 8 aliphatic rings. The summed E-state index contributed by atoms with van der Waals surface area (Å²) in [7, 11) is 7.45. The summed E-state index contributed by atoms with van der Waals surface area (Å²) >= 11 is 0. The zero-order valence-corrected chi connectivity index (χ0v) is 65.7. The van der Waals surface area contributed by atoms with Gasteiger partial charge < -0.3 is 85.7 Å². The number of aromatic nitrogens is 6. The number of carbonyl (C=O) groups excluding carboxylic acids is 8. The van der Waals surface area contributed by atoms with Crippen molar-refractivity contribution in [3.8, 4) is 34.5 Å². The van der Waals surface area contributed by atoms with Crippen molar-refractivity contribution in [2.24, 2.45) is 17.8 Å². The van der Waals surface area contributed by atoms with Crippen molar-refractivity contribution in [2.75, 3.05) is 48.6 Å². The number of ether oxygens (including phenoxy) is 6. The molecule has 0 radical (unpaired) electrons. The Morgan fingerprint density at radius 2 is 0.921 bits per heavy atom. The van der Waals surface area contributed by atoms with Crippen molar-refractivity contribution in [2.45, 2.75) is 210 Å². The van der Waals surface area contributed by atoms with Crippen LogP contribution in [-0.2, 0) is 86.8 Å². The first-order valence-electron chi connectivity index (χ1n) is 39.2. The number of methoxy groups -OCH3 is 4. The second-order valence-corrected chi connectivity index (χ2v) is 30.2. The fourth-order valence-corrected chi connectivity index (χ4v) is 15.7. The van der Waals surface area contributed by atoms with Gasteiger partial charge in [-0.25, -0.2) is 19.0 Å². The highest BCUT2D eigenvalue weighted by Gasteiger charge is 2.49. The molecule has 4 fully saturated rings. The minimum atomic E-state index is -1.54. The average Bonchev–Trinajstić information content (AvgIpc) is 1.63. The molecule has 6 aromatic rings. The van der Waals surface area contributed by atoms with Gasteiger partial charge in [-0.05, 0) is 129 Å². The molecule has 14 rings (SSSR count). The highest BCUT2D eigenvalue weighted by molar-refractivity contribution is 5.98. The van der Waals surface area contributed by atoms with Crippen LogP contribution in [0.1, 0.15) is 150 Å². The van der Waals surface area contributed by atoms with Crippen molar-refractivity contribution in [1.29, 1.82) is 0 Å². The monoisotopic (exact) mass is 1580 g/mol. The van der Waals surface area contributed by atoms with Crippen LogP contribution >= 0.6 is 0 Å². The van der Waals surface area contributed by atoms with Crippen molar-refractivity contribution in [3.05, 3.63) is 131 Å². The molecule has 33 heteroatoms. The molecule has 12 bridgehead atoms. The molecule has 12 atom stereocenters. The Hall–Kier alpha value is -11.4. The molecular weight excluding hydrogens is 1470 g/mol. The lowest BCUT2D eigenvalue weighted by atomic mass is 9.83. The quantitative estimate of drug-likeness (QED) is 0.0507. The maximum absolute atomic E-state index is 15.5. The summed E-state index contributed by atoms with van der Waals surface area (Å²) < 4.78 is 37.7. The summed E-state index contributed by atoms with van der Waals surface area (Å²) in [5, 5.41) is 59.6. The number of hydrogen-bond donors (Lipinski definition) is 9. The number of benzene rings is 4. The van der Waals surface area contributed by atoms with Gasteiger partial charge in [0.1, 0.15) is 84.4 Å². The van der Waals surface area contributed by atoms with Gasteiger partial charge in [-0.2, -0.15) is 0 Å². The molecule has 2 aromatic heterocycles. The molecule has 2 aliphatic carbocycles. The SMILES string of the molecule is CC[C@@H](C)C(=O)N[C@H](C(=O)N1C[C@@H]2C[C@H]1C(=O)N[C@@H](Cc1ccc(OC)c(OC)c1)C(=O)N[C@H](C(=O)O)Cc1ccc(cc1)OCc1cn(nn1)[C@H]1C[C@@H](C(=O)N[C@@H](Cc3ccc(OC)c(OC)c3)C(=O)N[C@H](C(=O)O)Cc3ccc(cc3)OCc3cn2nn3)N(C(=O)[C@@H](NC(=O)[C@H](C)NC)C2CCCCC2)C1)C1CCCCC1. The topological polar surface area (TPSA) is 419 Å². The summed E-state index contributed by atoms with van der Waals surface area (Å²) in [5.74, 6) is -6.51. The van der Waals surface area contributed by atoms with Crippen molar-refractivity contribution in [3.63, 3.8) is 0 Å². The molecule has 9 N–H and O–H groups in total. The second-order valence-electron chi connectivity index (χ2n) is 30.2. The molecule has 612 valence electrons. The summed E-state index contributed by atoms with van der Waals surface area (Å²) in [6.07, 6.45) is 10.7. The van der Waals surface area contributed by atoms with Crippen LogP contribution in [0, 0.1) is 17.8 Å². The van der Waals surface area contributed by atoms with Crippen LogP contribution in [-0.4, -0.2) is 212 Å². The van der Waals surface area contributed by atoms with Crippen LogP contribution in [0.5, 0.6) is 34.5 Å². The fourth-order valence-electron chi connectivity index (χ4n) is 15.7. The molecule has 114 heavy (non-hydrogen) atoms. The van der Waals surface area contributed by atoms with Crippen molar-refractivity contribution < 1.29 is 86.6 Å². The van der Waals surface area contributed by atoms with Crippen molar-refractivity contribution in [1.82, 2.24) is 77.0 Å². The van der Waals surface area contributed by atoms with Crippen LogP contribution in [0.4, 0.5) is 0 Å². The van der Waals surface area contributed by atoms with Gasteiger partial charge in [-0.15, -0.1) is 10.2 Å². The predicted octanol–water partition coefficient (Wildman–Crippen LogP) is 4.52. The molecule has 33 nitrogen and oxygen atoms in total. The van der Waals surface area contributed by atoms with E-state index in [1.54, 1.807) is 118 Å². The first kappa shape index (κ1) is 83.6. The highest BCUT2D eigenvalue weighted by Crippen LogP contribution is 2.37. The van der Waals surface area contributed by atoms with E-state index in [-0.39, 0.29) is 82.6 Å². The largest absolute Gasteiger partial charge is 0.493 e. The van der Waals surface area contributed by atoms with E-state index in [9.17, 15) is 39.0 Å². The van der Waals surface area contributed by atoms with E-state index in [4.69, 9.17) is 28.4 Å². The number of aliphatic carboxylic acids is 2. The summed E-state index contributed by atoms with van der Waals surface area (Å²) in [6, 6.07) is 10.3. The van der Waals surface area contributed by atoms with Crippen LogP contribution in [0.15, 0.2) is 97.3 Å². The van der Waals surface area contributed by atoms with Gasteiger partial charge in [-0.3, -0.25) is 38.4 Å². The smallest absolute Gasteiger partial charge is 0.326 e. The minimum absolute atomic E-state index is 0.0323. The summed E-state index contributed by atoms with van der Waals surface area (Å²) in [4.78, 5) is 149. The van der Waals surface area contributed by atoms with Gasteiger partial charge >= 0.3 is 11.9 Å². The molecule has 6 aliphatic heterocycles. The number of rotatable bonds is 20. The van der Waals surface area contributed by atoms with Crippen LogP contribution in [0.2, 0.25) is 0 Å². The van der Waals surface area contributed by atoms with Gasteiger partial charge in [0.15, 0.2) is 23.0 Å². The van der Waals surface area contributed by atoms with Gasteiger partial charge in [0.2, 0.25) is 47.3 Å². The van der Waals surface area contributed by atoms with Gasteiger partial charge in [0.05, 0.1) is 59.0 Å². The van der Waals surface area contributed by atoms with E-state index >= 15 is 19.2 Å². The molecule has 2 saturated heterocycles. The number of carboxylic acids is 2. The molecular formula is C81H105N15O18. The fraction of sp³-hybridized carbons (Fsp3) is 0.531. The number of carbonyl (C=O) groups is 10. The third kappa shape index (κ3) is 20.9. The number of nitrogens with zero attached hydrogens (tertiary/aromatic N) is 8. The molecule has 2 saturated carbocycles. The van der Waals surface area contributed by atoms with E-state index in [0.717, 1.165) is 38.5 Å². The van der Waals surface area contributed by atoms with E-state index < -0.39 is 126 Å². The lowest BCUT2D eigenvalue weighted by Gasteiger charge is -2.35. The van der Waals surface area contributed by atoms with Crippen LogP contribution in [0.25, 0.3) is 0 Å². The first-order chi connectivity index (χ1) is 54.9. The Bertz CT molecular complexity index is 4100. The molecule has 0 unspecified atom stereocenters. The maximum atomic E-state index is 15.5. The van der Waals surface area contributed by atoms with Gasteiger partial charge in [-0.1, -0.05) is 99.2 Å². The Kier molecular flexibility index (Phi) is 28.5. The standard InChI is InChI=1S/C81H105N15O18/c1-9-46(2)72(97)87-70(52-16-12-10-13-17-52)78(103)93-42-56-38-64(93)76(101)83-60(34-50-24-30-66(109-5)68(36-50)111-7)74(99)85-62(80(105)106)32-48-22-28-59(29-23-48)114-45-55-41-96(92-90-55)57-39-65(94(43-57)79(104)71(53-18-14-11-15-19-53)88-73(98)47(3)82-4)77(102)84-61(35-51-25-31-67(110-6)69(37-51)112-8)75(100)86-63(81(107)108)33-49-20-26-58(27-21-49)113-44-54-40-95(56)91-89-54/h20-31,36-37,40-41,46-47,52-53,56-57,60-65,70-71,82H,9-19,32-35,38-39,42-45H2,1-8H3,(H,83,101)(H,84,102)(H,85,99)(H,86,100)(H,87,97)(H,88,98)(H,105,106)(H,107,108)/t46-,47+,56+,57+,60+,61+,62+,63+,64+,65+,70+,71+/m1/s1. The molecule has 4 aromatic carbocycles. The number of amides is 8. The Morgan fingerprint density at radius 1 is 0.526 bits per heavy atom. The van der Waals surface area contributed by atoms with Crippen LogP contribution in [0.3, 0.4) is 0 Å². The molecule has 8 heterocycles. The van der Waals surface area contributed by atoms with Gasteiger partial charge in [0.25, 0.3) is 0 Å². The number of nitrogens with one attached hydrogen (secondary N) is 7. The van der Waals surface area contributed by atoms with E-state index in [1.807, 2.05) is 6.92 Å². The summed E-state index contributed by atoms with van der Waals surface area (Å²) in [5.41, 5.74) is 2.65. The predicted molar refractivity (Wildman–Crippen MR) is 412 cm³/mol. The minimum Gasteiger partial charge on any atom is -0.493 e. The normalized spacial score (nSPS) is 22.8. The zero-order valence-electron chi connectivity index (χ0n) is 65.7. The third-order valence-corrected chi connectivity index (χ3v) is 22.6. The second kappa shape index (κ2) is 38.9. The Morgan fingerprint density at radius 3 is 1.29 bits per heavy atom. The van der Waals surface area contributed by atoms with E-state index in [0.29, 0.717) is 100 Å². The first-order valence-corrected chi connectivity index (χ1v) is 39.2. The van der Waals surface area contributed by atoms with Crippen molar-refractivity contribution >= 4 is 59.2 Å². The van der Waals surface area contributed by atoms with Crippen LogP contribution < -0.4 is 65.6 Å². The van der Waals surface area contributed by atoms with Gasteiger partial charge in [0, 0.05) is 57.5 Å². The molecule has 0 spiro atoms. The number of likely N-dealkylation sites (tertiary alicyclic amines) is 2.